The summed E-state index contributed by atoms with van der Waals surface area (Å²) in [5.41, 5.74) is 2.84. The van der Waals surface area contributed by atoms with E-state index in [1.807, 2.05) is 30.1 Å². The minimum absolute atomic E-state index is 0.107. The summed E-state index contributed by atoms with van der Waals surface area (Å²) < 4.78 is 3.21. The van der Waals surface area contributed by atoms with E-state index in [9.17, 15) is 9.59 Å². The minimum Gasteiger partial charge on any atom is -0.481 e. The maximum atomic E-state index is 12.4. The standard InChI is InChI=1S/C16H18N6O3S/c1-3-21-8-11(10(2)20-21)12-9-26-16(18-12)19-15(25)13-4-6-17-22(13)7-5-14(23)24/h4,6,8-9H,3,5,7H2,1-2H3,(H,23,24)(H,18,19,25). The average Bonchev–Trinajstić information content (AvgIpc) is 3.31. The summed E-state index contributed by atoms with van der Waals surface area (Å²) in [5, 5.41) is 22.2. The van der Waals surface area contributed by atoms with E-state index in [0.29, 0.717) is 5.13 Å². The van der Waals surface area contributed by atoms with Crippen LogP contribution in [0.3, 0.4) is 0 Å². The molecular weight excluding hydrogens is 356 g/mol. The summed E-state index contributed by atoms with van der Waals surface area (Å²) in [7, 11) is 0. The zero-order valence-corrected chi connectivity index (χ0v) is 15.2. The molecule has 0 bridgehead atoms. The van der Waals surface area contributed by atoms with Crippen molar-refractivity contribution in [3.63, 3.8) is 0 Å². The molecule has 0 aliphatic rings. The number of rotatable bonds is 7. The number of hydrogen-bond donors (Lipinski definition) is 2. The summed E-state index contributed by atoms with van der Waals surface area (Å²) in [5.74, 6) is -1.32. The Kier molecular flexibility index (Phi) is 5.12. The molecule has 0 spiro atoms. The summed E-state index contributed by atoms with van der Waals surface area (Å²) in [6.45, 7) is 4.83. The van der Waals surface area contributed by atoms with Crippen LogP contribution < -0.4 is 5.32 Å². The first kappa shape index (κ1) is 17.8. The number of anilines is 1. The second kappa shape index (κ2) is 7.48. The van der Waals surface area contributed by atoms with Crippen molar-refractivity contribution in [1.29, 1.82) is 0 Å². The molecule has 3 aromatic rings. The van der Waals surface area contributed by atoms with E-state index in [1.54, 1.807) is 6.07 Å². The van der Waals surface area contributed by atoms with Gasteiger partial charge < -0.3 is 5.11 Å². The molecule has 2 N–H and O–H groups in total. The highest BCUT2D eigenvalue weighted by molar-refractivity contribution is 7.14. The summed E-state index contributed by atoms with van der Waals surface area (Å²) >= 11 is 1.32. The second-order valence-electron chi connectivity index (χ2n) is 5.56. The zero-order chi connectivity index (χ0) is 18.7. The van der Waals surface area contributed by atoms with E-state index >= 15 is 0 Å². The lowest BCUT2D eigenvalue weighted by Gasteiger charge is -2.05. The van der Waals surface area contributed by atoms with Crippen molar-refractivity contribution in [2.75, 3.05) is 5.32 Å². The average molecular weight is 374 g/mol. The van der Waals surface area contributed by atoms with E-state index in [0.717, 1.165) is 23.5 Å². The van der Waals surface area contributed by atoms with Gasteiger partial charge in [0.25, 0.3) is 5.91 Å². The predicted octanol–water partition coefficient (Wildman–Crippen LogP) is 2.26. The van der Waals surface area contributed by atoms with Gasteiger partial charge in [0, 0.05) is 29.9 Å². The smallest absolute Gasteiger partial charge is 0.305 e. The lowest BCUT2D eigenvalue weighted by Crippen LogP contribution is -2.18. The number of aromatic nitrogens is 5. The highest BCUT2D eigenvalue weighted by Gasteiger charge is 2.16. The van der Waals surface area contributed by atoms with Crippen molar-refractivity contribution in [2.45, 2.75) is 33.4 Å². The Morgan fingerprint density at radius 2 is 2.19 bits per heavy atom. The number of thiazole rings is 1. The van der Waals surface area contributed by atoms with Gasteiger partial charge in [0.15, 0.2) is 5.13 Å². The van der Waals surface area contributed by atoms with Crippen LogP contribution in [0.1, 0.15) is 29.5 Å². The minimum atomic E-state index is -0.945. The third kappa shape index (κ3) is 3.80. The van der Waals surface area contributed by atoms with Gasteiger partial charge in [0.1, 0.15) is 5.69 Å². The number of nitrogens with zero attached hydrogens (tertiary/aromatic N) is 5. The number of amides is 1. The van der Waals surface area contributed by atoms with Crippen LogP contribution in [0.2, 0.25) is 0 Å². The number of aryl methyl sites for hydroxylation is 3. The van der Waals surface area contributed by atoms with Gasteiger partial charge in [-0.2, -0.15) is 10.2 Å². The largest absolute Gasteiger partial charge is 0.481 e. The molecule has 0 fully saturated rings. The molecule has 9 nitrogen and oxygen atoms in total. The van der Waals surface area contributed by atoms with Crippen LogP contribution >= 0.6 is 11.3 Å². The molecule has 0 aromatic carbocycles. The molecule has 1 amide bonds. The summed E-state index contributed by atoms with van der Waals surface area (Å²) in [4.78, 5) is 27.6. The number of carboxylic acid groups (broad SMARTS) is 1. The molecule has 0 unspecified atom stereocenters. The molecule has 0 atom stereocenters. The van der Waals surface area contributed by atoms with Gasteiger partial charge in [-0.25, -0.2) is 4.98 Å². The Bertz CT molecular complexity index is 942. The number of hydrogen-bond acceptors (Lipinski definition) is 6. The van der Waals surface area contributed by atoms with Crippen molar-refractivity contribution in [3.8, 4) is 11.3 Å². The lowest BCUT2D eigenvalue weighted by atomic mass is 10.2. The van der Waals surface area contributed by atoms with Crippen LogP contribution in [0, 0.1) is 6.92 Å². The third-order valence-electron chi connectivity index (χ3n) is 3.76. The van der Waals surface area contributed by atoms with Crippen molar-refractivity contribution in [3.05, 3.63) is 35.2 Å². The maximum Gasteiger partial charge on any atom is 0.305 e. The molecule has 0 aliphatic carbocycles. The predicted molar refractivity (Wildman–Crippen MR) is 96.2 cm³/mol. The monoisotopic (exact) mass is 374 g/mol. The summed E-state index contributed by atoms with van der Waals surface area (Å²) in [6, 6.07) is 1.54. The van der Waals surface area contributed by atoms with Crippen molar-refractivity contribution in [1.82, 2.24) is 24.5 Å². The van der Waals surface area contributed by atoms with Gasteiger partial charge >= 0.3 is 5.97 Å². The highest BCUT2D eigenvalue weighted by Crippen LogP contribution is 2.27. The Labute approximate surface area is 153 Å². The van der Waals surface area contributed by atoms with Crippen LogP contribution in [0.25, 0.3) is 11.3 Å². The fourth-order valence-electron chi connectivity index (χ4n) is 2.45. The van der Waals surface area contributed by atoms with Gasteiger partial charge in [-0.05, 0) is 19.9 Å². The van der Waals surface area contributed by atoms with Crippen LogP contribution in [0.5, 0.6) is 0 Å². The molecular formula is C16H18N6O3S. The van der Waals surface area contributed by atoms with Gasteiger partial charge in [0.2, 0.25) is 0 Å². The van der Waals surface area contributed by atoms with Crippen molar-refractivity contribution in [2.24, 2.45) is 0 Å². The topological polar surface area (TPSA) is 115 Å². The Balaban J connectivity index is 1.73. The van der Waals surface area contributed by atoms with Crippen molar-refractivity contribution < 1.29 is 14.7 Å². The second-order valence-corrected chi connectivity index (χ2v) is 6.42. The molecule has 0 saturated heterocycles. The summed E-state index contributed by atoms with van der Waals surface area (Å²) in [6.07, 6.45) is 3.29. The van der Waals surface area contributed by atoms with Gasteiger partial charge in [-0.1, -0.05) is 0 Å². The van der Waals surface area contributed by atoms with Crippen LogP contribution in [-0.4, -0.2) is 41.5 Å². The molecule has 0 saturated carbocycles. The first-order valence-corrected chi connectivity index (χ1v) is 8.90. The highest BCUT2D eigenvalue weighted by atomic mass is 32.1. The van der Waals surface area contributed by atoms with E-state index < -0.39 is 5.97 Å². The fraction of sp³-hybridized carbons (Fsp3) is 0.312. The van der Waals surface area contributed by atoms with Crippen molar-refractivity contribution >= 4 is 28.3 Å². The molecule has 3 rings (SSSR count). The lowest BCUT2D eigenvalue weighted by molar-refractivity contribution is -0.137. The molecule has 26 heavy (non-hydrogen) atoms. The zero-order valence-electron chi connectivity index (χ0n) is 14.3. The quantitative estimate of drug-likeness (QED) is 0.655. The molecule has 0 aliphatic heterocycles. The van der Waals surface area contributed by atoms with Gasteiger partial charge in [-0.15, -0.1) is 11.3 Å². The SMILES string of the molecule is CCn1cc(-c2csc(NC(=O)c3ccnn3CCC(=O)O)n2)c(C)n1. The molecule has 0 radical (unpaired) electrons. The number of nitrogens with one attached hydrogen (secondary N) is 1. The number of aliphatic carboxylic acids is 1. The Morgan fingerprint density at radius 1 is 1.38 bits per heavy atom. The molecule has 10 heteroatoms. The van der Waals surface area contributed by atoms with Crippen LogP contribution in [0.4, 0.5) is 5.13 Å². The van der Waals surface area contributed by atoms with Gasteiger partial charge in [0.05, 0.1) is 24.4 Å². The molecule has 136 valence electrons. The van der Waals surface area contributed by atoms with E-state index in [-0.39, 0.29) is 24.6 Å². The first-order valence-electron chi connectivity index (χ1n) is 8.02. The molecule has 3 heterocycles. The normalized spacial score (nSPS) is 10.8. The number of carbonyl (C=O) groups is 2. The van der Waals surface area contributed by atoms with Crippen LogP contribution in [-0.2, 0) is 17.9 Å². The maximum absolute atomic E-state index is 12.4. The third-order valence-corrected chi connectivity index (χ3v) is 4.52. The van der Waals surface area contributed by atoms with E-state index in [2.05, 4.69) is 20.5 Å². The van der Waals surface area contributed by atoms with E-state index in [1.165, 1.54) is 22.2 Å². The number of carbonyl (C=O) groups excluding carboxylic acids is 1. The van der Waals surface area contributed by atoms with Gasteiger partial charge in [-0.3, -0.25) is 24.3 Å². The molecule has 3 aromatic heterocycles. The van der Waals surface area contributed by atoms with Crippen LogP contribution in [0.15, 0.2) is 23.8 Å². The Morgan fingerprint density at radius 3 is 2.88 bits per heavy atom. The van der Waals surface area contributed by atoms with E-state index in [4.69, 9.17) is 5.11 Å². The first-order chi connectivity index (χ1) is 12.5. The number of carboxylic acids is 1. The fourth-order valence-corrected chi connectivity index (χ4v) is 3.16. The Hall–Kier alpha value is -3.01.